The van der Waals surface area contributed by atoms with Crippen LogP contribution < -0.4 is 0 Å². The Bertz CT molecular complexity index is 383. The van der Waals surface area contributed by atoms with Gasteiger partial charge in [0.15, 0.2) is 11.6 Å². The second kappa shape index (κ2) is 3.76. The lowest BCUT2D eigenvalue weighted by Gasteiger charge is -2.22. The van der Waals surface area contributed by atoms with Crippen LogP contribution in [-0.4, -0.2) is 16.1 Å². The average molecular weight is 230 g/mol. The van der Waals surface area contributed by atoms with Crippen LogP contribution >= 0.6 is 11.8 Å². The first-order valence-corrected chi connectivity index (χ1v) is 5.86. The van der Waals surface area contributed by atoms with Gasteiger partial charge in [-0.2, -0.15) is 11.8 Å². The van der Waals surface area contributed by atoms with Crippen molar-refractivity contribution in [2.45, 2.75) is 24.2 Å². The fourth-order valence-electron chi connectivity index (χ4n) is 1.86. The fraction of sp³-hybridized carbons (Fsp3) is 0.455. The lowest BCUT2D eigenvalue weighted by Crippen LogP contribution is -2.25. The van der Waals surface area contributed by atoms with E-state index in [4.69, 9.17) is 0 Å². The molecule has 1 aliphatic rings. The number of rotatable bonds is 1. The Hall–Kier alpha value is -0.610. The first kappa shape index (κ1) is 10.9. The van der Waals surface area contributed by atoms with E-state index in [0.717, 1.165) is 12.1 Å². The molecule has 0 saturated carbocycles. The molecule has 1 heterocycles. The van der Waals surface area contributed by atoms with E-state index in [2.05, 4.69) is 0 Å². The van der Waals surface area contributed by atoms with Crippen molar-refractivity contribution in [2.24, 2.45) is 0 Å². The van der Waals surface area contributed by atoms with Crippen LogP contribution in [0, 0.1) is 11.6 Å². The Balaban J connectivity index is 2.33. The van der Waals surface area contributed by atoms with Crippen LogP contribution in [-0.2, 0) is 5.60 Å². The van der Waals surface area contributed by atoms with Crippen LogP contribution in [0.25, 0.3) is 0 Å². The minimum atomic E-state index is -1.00. The standard InChI is InChI=1S/C11H12F2OS/c1-7-5-11(14,6-15-7)8-2-3-9(12)10(13)4-8/h2-4,7,14H,5-6H2,1H3. The lowest BCUT2D eigenvalue weighted by atomic mass is 9.91. The minimum Gasteiger partial charge on any atom is -0.384 e. The molecule has 1 aliphatic heterocycles. The second-order valence-corrected chi connectivity index (χ2v) is 5.41. The van der Waals surface area contributed by atoms with Crippen molar-refractivity contribution in [3.8, 4) is 0 Å². The van der Waals surface area contributed by atoms with Gasteiger partial charge < -0.3 is 5.11 Å². The maximum atomic E-state index is 13.0. The summed E-state index contributed by atoms with van der Waals surface area (Å²) in [6, 6.07) is 3.61. The van der Waals surface area contributed by atoms with Gasteiger partial charge in [0.05, 0.1) is 5.60 Å². The summed E-state index contributed by atoms with van der Waals surface area (Å²) in [6.45, 7) is 2.02. The number of halogens is 2. The van der Waals surface area contributed by atoms with Gasteiger partial charge in [-0.05, 0) is 24.1 Å². The van der Waals surface area contributed by atoms with E-state index in [0.29, 0.717) is 23.0 Å². The zero-order valence-electron chi connectivity index (χ0n) is 8.34. The highest BCUT2D eigenvalue weighted by Gasteiger charge is 2.37. The summed E-state index contributed by atoms with van der Waals surface area (Å²) in [5.74, 6) is -1.23. The Labute approximate surface area is 91.5 Å². The highest BCUT2D eigenvalue weighted by atomic mass is 32.2. The molecule has 0 bridgehead atoms. The third-order valence-electron chi connectivity index (χ3n) is 2.69. The predicted molar refractivity (Wildman–Crippen MR) is 56.8 cm³/mol. The molecule has 1 saturated heterocycles. The highest BCUT2D eigenvalue weighted by Crippen LogP contribution is 2.41. The number of benzene rings is 1. The zero-order valence-corrected chi connectivity index (χ0v) is 9.15. The number of hydrogen-bond acceptors (Lipinski definition) is 2. The number of thioether (sulfide) groups is 1. The molecule has 1 fully saturated rings. The zero-order chi connectivity index (χ0) is 11.1. The first-order chi connectivity index (χ1) is 7.01. The average Bonchev–Trinajstić information content (AvgIpc) is 2.52. The molecule has 4 heteroatoms. The van der Waals surface area contributed by atoms with Crippen LogP contribution in [0.1, 0.15) is 18.9 Å². The summed E-state index contributed by atoms with van der Waals surface area (Å²) in [4.78, 5) is 0. The molecule has 0 spiro atoms. The Kier molecular flexibility index (Phi) is 2.73. The molecular weight excluding hydrogens is 218 g/mol. The summed E-state index contributed by atoms with van der Waals surface area (Å²) < 4.78 is 25.7. The smallest absolute Gasteiger partial charge is 0.159 e. The van der Waals surface area contributed by atoms with Crippen molar-refractivity contribution in [3.05, 3.63) is 35.4 Å². The maximum absolute atomic E-state index is 13.0. The molecule has 0 aliphatic carbocycles. The SMILES string of the molecule is CC1CC(O)(c2ccc(F)c(F)c2)CS1. The predicted octanol–water partition coefficient (Wildman–Crippen LogP) is 2.68. The molecule has 82 valence electrons. The van der Waals surface area contributed by atoms with Gasteiger partial charge in [0, 0.05) is 11.0 Å². The Morgan fingerprint density at radius 2 is 2.13 bits per heavy atom. The summed E-state index contributed by atoms with van der Waals surface area (Å²) in [5.41, 5.74) is -0.531. The molecule has 1 nitrogen and oxygen atoms in total. The highest BCUT2D eigenvalue weighted by molar-refractivity contribution is 8.00. The molecule has 2 rings (SSSR count). The molecule has 1 aromatic rings. The molecule has 15 heavy (non-hydrogen) atoms. The van der Waals surface area contributed by atoms with E-state index >= 15 is 0 Å². The van der Waals surface area contributed by atoms with Crippen molar-refractivity contribution >= 4 is 11.8 Å². The Morgan fingerprint density at radius 3 is 2.67 bits per heavy atom. The molecule has 2 unspecified atom stereocenters. The van der Waals surface area contributed by atoms with Gasteiger partial charge in [-0.1, -0.05) is 13.0 Å². The van der Waals surface area contributed by atoms with E-state index in [1.165, 1.54) is 6.07 Å². The molecule has 0 aromatic heterocycles. The van der Waals surface area contributed by atoms with Crippen molar-refractivity contribution in [1.82, 2.24) is 0 Å². The monoisotopic (exact) mass is 230 g/mol. The lowest BCUT2D eigenvalue weighted by molar-refractivity contribution is 0.0607. The van der Waals surface area contributed by atoms with Gasteiger partial charge in [-0.3, -0.25) is 0 Å². The van der Waals surface area contributed by atoms with Crippen LogP contribution in [0.2, 0.25) is 0 Å². The normalized spacial score (nSPS) is 30.8. The second-order valence-electron chi connectivity index (χ2n) is 3.99. The van der Waals surface area contributed by atoms with Crippen molar-refractivity contribution in [3.63, 3.8) is 0 Å². The van der Waals surface area contributed by atoms with Gasteiger partial charge in [0.2, 0.25) is 0 Å². The minimum absolute atomic E-state index is 0.350. The van der Waals surface area contributed by atoms with Crippen LogP contribution in [0.5, 0.6) is 0 Å². The molecule has 1 N–H and O–H groups in total. The molecule has 2 atom stereocenters. The fourth-order valence-corrected chi connectivity index (χ4v) is 3.10. The summed E-state index contributed by atoms with van der Waals surface area (Å²) in [5, 5.41) is 10.6. The van der Waals surface area contributed by atoms with E-state index in [-0.39, 0.29) is 0 Å². The van der Waals surface area contributed by atoms with Crippen molar-refractivity contribution in [1.29, 1.82) is 0 Å². The van der Waals surface area contributed by atoms with E-state index in [1.807, 2.05) is 6.92 Å². The van der Waals surface area contributed by atoms with Gasteiger partial charge in [-0.25, -0.2) is 8.78 Å². The molecular formula is C11H12F2OS. The molecule has 0 radical (unpaired) electrons. The molecule has 1 aromatic carbocycles. The van der Waals surface area contributed by atoms with Gasteiger partial charge >= 0.3 is 0 Å². The van der Waals surface area contributed by atoms with Crippen LogP contribution in [0.3, 0.4) is 0 Å². The van der Waals surface area contributed by atoms with Crippen LogP contribution in [0.15, 0.2) is 18.2 Å². The van der Waals surface area contributed by atoms with E-state index in [9.17, 15) is 13.9 Å². The third-order valence-corrected chi connectivity index (χ3v) is 4.07. The van der Waals surface area contributed by atoms with Crippen molar-refractivity contribution in [2.75, 3.05) is 5.75 Å². The number of hydrogen-bond donors (Lipinski definition) is 1. The maximum Gasteiger partial charge on any atom is 0.159 e. The summed E-state index contributed by atoms with van der Waals surface area (Å²) in [6.07, 6.45) is 0.586. The van der Waals surface area contributed by atoms with Gasteiger partial charge in [-0.15, -0.1) is 0 Å². The summed E-state index contributed by atoms with van der Waals surface area (Å²) >= 11 is 1.64. The largest absolute Gasteiger partial charge is 0.384 e. The Morgan fingerprint density at radius 1 is 1.40 bits per heavy atom. The van der Waals surface area contributed by atoms with E-state index in [1.54, 1.807) is 11.8 Å². The van der Waals surface area contributed by atoms with Crippen LogP contribution in [0.4, 0.5) is 8.78 Å². The summed E-state index contributed by atoms with van der Waals surface area (Å²) in [7, 11) is 0. The third kappa shape index (κ3) is 2.01. The molecule has 0 amide bonds. The van der Waals surface area contributed by atoms with Gasteiger partial charge in [0.25, 0.3) is 0 Å². The number of aliphatic hydroxyl groups is 1. The van der Waals surface area contributed by atoms with E-state index < -0.39 is 17.2 Å². The topological polar surface area (TPSA) is 20.2 Å². The first-order valence-electron chi connectivity index (χ1n) is 4.81. The quantitative estimate of drug-likeness (QED) is 0.800. The van der Waals surface area contributed by atoms with Crippen molar-refractivity contribution < 1.29 is 13.9 Å². The van der Waals surface area contributed by atoms with Gasteiger partial charge in [0.1, 0.15) is 0 Å².